The summed E-state index contributed by atoms with van der Waals surface area (Å²) in [6.45, 7) is 14.2. The third-order valence-corrected chi connectivity index (χ3v) is 2.71. The summed E-state index contributed by atoms with van der Waals surface area (Å²) in [6.07, 6.45) is 6.79. The summed E-state index contributed by atoms with van der Waals surface area (Å²) in [5, 5.41) is 0. The Hall–Kier alpha value is -1.60. The molecule has 0 heterocycles. The molecule has 0 aliphatic heterocycles. The Labute approximate surface area is 105 Å². The van der Waals surface area contributed by atoms with Gasteiger partial charge in [-0.05, 0) is 17.5 Å². The standard InChI is InChI=1S/C16H21N/c1-4-12-17(13-5-2)14-11-16-9-7-15(6-3)8-10-16/h4-10H,1-3,11-14H2. The molecule has 0 aliphatic carbocycles. The molecule has 17 heavy (non-hydrogen) atoms. The summed E-state index contributed by atoms with van der Waals surface area (Å²) in [5.74, 6) is 0. The fourth-order valence-corrected chi connectivity index (χ4v) is 1.73. The molecule has 0 radical (unpaired) electrons. The van der Waals surface area contributed by atoms with Gasteiger partial charge in [-0.15, -0.1) is 13.2 Å². The minimum absolute atomic E-state index is 0.913. The molecule has 1 nitrogen and oxygen atoms in total. The fourth-order valence-electron chi connectivity index (χ4n) is 1.73. The summed E-state index contributed by atoms with van der Waals surface area (Å²) in [6, 6.07) is 8.54. The molecule has 0 atom stereocenters. The van der Waals surface area contributed by atoms with Crippen molar-refractivity contribution in [2.75, 3.05) is 19.6 Å². The van der Waals surface area contributed by atoms with Crippen LogP contribution >= 0.6 is 0 Å². The van der Waals surface area contributed by atoms with Crippen LogP contribution < -0.4 is 0 Å². The highest BCUT2D eigenvalue weighted by Crippen LogP contribution is 2.07. The van der Waals surface area contributed by atoms with Crippen molar-refractivity contribution in [3.63, 3.8) is 0 Å². The Morgan fingerprint density at radius 1 is 0.941 bits per heavy atom. The Morgan fingerprint density at radius 3 is 2.00 bits per heavy atom. The van der Waals surface area contributed by atoms with Crippen molar-refractivity contribution in [2.24, 2.45) is 0 Å². The Kier molecular flexibility index (Phi) is 6.05. The van der Waals surface area contributed by atoms with Gasteiger partial charge in [0.15, 0.2) is 0 Å². The number of hydrogen-bond donors (Lipinski definition) is 0. The van der Waals surface area contributed by atoms with E-state index in [4.69, 9.17) is 0 Å². The average molecular weight is 227 g/mol. The highest BCUT2D eigenvalue weighted by Gasteiger charge is 2.01. The van der Waals surface area contributed by atoms with Gasteiger partial charge in [-0.1, -0.05) is 49.1 Å². The maximum atomic E-state index is 3.77. The monoisotopic (exact) mass is 227 g/mol. The fraction of sp³-hybridized carbons (Fsp3) is 0.250. The summed E-state index contributed by atoms with van der Waals surface area (Å²) in [5.41, 5.74) is 2.52. The number of hydrogen-bond acceptors (Lipinski definition) is 1. The van der Waals surface area contributed by atoms with Gasteiger partial charge in [0.25, 0.3) is 0 Å². The van der Waals surface area contributed by atoms with Crippen LogP contribution in [0.5, 0.6) is 0 Å². The molecule has 0 fully saturated rings. The first-order chi connectivity index (χ1) is 8.30. The molecular formula is C16H21N. The van der Waals surface area contributed by atoms with Crippen LogP contribution in [0.25, 0.3) is 6.08 Å². The van der Waals surface area contributed by atoms with Gasteiger partial charge in [-0.2, -0.15) is 0 Å². The van der Waals surface area contributed by atoms with E-state index < -0.39 is 0 Å². The molecule has 0 unspecified atom stereocenters. The van der Waals surface area contributed by atoms with Crippen LogP contribution in [0.1, 0.15) is 11.1 Å². The topological polar surface area (TPSA) is 3.24 Å². The van der Waals surface area contributed by atoms with Crippen molar-refractivity contribution in [1.82, 2.24) is 4.90 Å². The molecular weight excluding hydrogens is 206 g/mol. The third-order valence-electron chi connectivity index (χ3n) is 2.71. The molecule has 0 saturated heterocycles. The van der Waals surface area contributed by atoms with E-state index in [0.717, 1.165) is 26.1 Å². The van der Waals surface area contributed by atoms with Crippen LogP contribution in [-0.2, 0) is 6.42 Å². The Balaban J connectivity index is 2.48. The van der Waals surface area contributed by atoms with Crippen molar-refractivity contribution in [1.29, 1.82) is 0 Å². The van der Waals surface area contributed by atoms with E-state index in [2.05, 4.69) is 48.9 Å². The van der Waals surface area contributed by atoms with Crippen LogP contribution in [0.15, 0.2) is 56.2 Å². The predicted octanol–water partition coefficient (Wildman–Crippen LogP) is 3.55. The third kappa shape index (κ3) is 4.83. The van der Waals surface area contributed by atoms with Crippen LogP contribution in [0.4, 0.5) is 0 Å². The van der Waals surface area contributed by atoms with Crippen molar-refractivity contribution >= 4 is 6.08 Å². The van der Waals surface area contributed by atoms with Gasteiger partial charge in [-0.3, -0.25) is 4.90 Å². The lowest BCUT2D eigenvalue weighted by molar-refractivity contribution is 0.340. The van der Waals surface area contributed by atoms with Crippen molar-refractivity contribution < 1.29 is 0 Å². The lowest BCUT2D eigenvalue weighted by Gasteiger charge is -2.18. The van der Waals surface area contributed by atoms with Gasteiger partial charge in [0.1, 0.15) is 0 Å². The van der Waals surface area contributed by atoms with Gasteiger partial charge in [0.2, 0.25) is 0 Å². The van der Waals surface area contributed by atoms with E-state index in [1.165, 1.54) is 11.1 Å². The highest BCUT2D eigenvalue weighted by molar-refractivity contribution is 5.47. The minimum Gasteiger partial charge on any atom is -0.296 e. The maximum absolute atomic E-state index is 3.77. The molecule has 0 aromatic heterocycles. The number of rotatable bonds is 8. The van der Waals surface area contributed by atoms with E-state index in [1.54, 1.807) is 0 Å². The smallest absolute Gasteiger partial charge is 0.0164 e. The molecule has 0 N–H and O–H groups in total. The molecule has 0 aliphatic rings. The molecule has 0 bridgehead atoms. The van der Waals surface area contributed by atoms with Crippen LogP contribution in [-0.4, -0.2) is 24.5 Å². The SMILES string of the molecule is C=CCN(CC=C)CCc1ccc(C=C)cc1. The minimum atomic E-state index is 0.913. The van der Waals surface area contributed by atoms with Gasteiger partial charge in [0.05, 0.1) is 0 Å². The first-order valence-electron chi connectivity index (χ1n) is 5.95. The largest absolute Gasteiger partial charge is 0.296 e. The maximum Gasteiger partial charge on any atom is 0.0164 e. The molecule has 1 heteroatoms. The van der Waals surface area contributed by atoms with E-state index >= 15 is 0 Å². The van der Waals surface area contributed by atoms with Gasteiger partial charge >= 0.3 is 0 Å². The van der Waals surface area contributed by atoms with Gasteiger partial charge in [-0.25, -0.2) is 0 Å². The lowest BCUT2D eigenvalue weighted by atomic mass is 10.1. The Morgan fingerprint density at radius 2 is 1.53 bits per heavy atom. The van der Waals surface area contributed by atoms with Crippen LogP contribution in [0.3, 0.4) is 0 Å². The number of benzene rings is 1. The highest BCUT2D eigenvalue weighted by atomic mass is 15.1. The van der Waals surface area contributed by atoms with E-state index in [0.29, 0.717) is 0 Å². The number of nitrogens with zero attached hydrogens (tertiary/aromatic N) is 1. The van der Waals surface area contributed by atoms with E-state index in [1.807, 2.05) is 18.2 Å². The average Bonchev–Trinajstić information content (AvgIpc) is 2.37. The zero-order valence-electron chi connectivity index (χ0n) is 10.4. The molecule has 0 saturated carbocycles. The lowest BCUT2D eigenvalue weighted by Crippen LogP contribution is -2.26. The molecule has 1 aromatic carbocycles. The molecule has 0 spiro atoms. The molecule has 90 valence electrons. The Bertz CT molecular complexity index is 352. The molecule has 0 amide bonds. The van der Waals surface area contributed by atoms with Crippen molar-refractivity contribution in [3.8, 4) is 0 Å². The van der Waals surface area contributed by atoms with E-state index in [9.17, 15) is 0 Å². The zero-order chi connectivity index (χ0) is 12.5. The quantitative estimate of drug-likeness (QED) is 0.614. The first kappa shape index (κ1) is 13.5. The summed E-state index contributed by atoms with van der Waals surface area (Å²) < 4.78 is 0. The van der Waals surface area contributed by atoms with Gasteiger partial charge < -0.3 is 0 Å². The van der Waals surface area contributed by atoms with E-state index in [-0.39, 0.29) is 0 Å². The van der Waals surface area contributed by atoms with Crippen LogP contribution in [0.2, 0.25) is 0 Å². The molecule has 1 rings (SSSR count). The second-order valence-corrected chi connectivity index (χ2v) is 4.03. The second kappa shape index (κ2) is 7.64. The molecule has 1 aromatic rings. The van der Waals surface area contributed by atoms with Gasteiger partial charge in [0, 0.05) is 19.6 Å². The van der Waals surface area contributed by atoms with Crippen LogP contribution in [0, 0.1) is 0 Å². The first-order valence-corrected chi connectivity index (χ1v) is 5.95. The van der Waals surface area contributed by atoms with Crippen molar-refractivity contribution in [2.45, 2.75) is 6.42 Å². The predicted molar refractivity (Wildman–Crippen MR) is 77.1 cm³/mol. The zero-order valence-corrected chi connectivity index (χ0v) is 10.4. The normalized spacial score (nSPS) is 10.2. The van der Waals surface area contributed by atoms with Crippen molar-refractivity contribution in [3.05, 3.63) is 67.3 Å². The summed E-state index contributed by atoms with van der Waals surface area (Å²) in [4.78, 5) is 2.32. The second-order valence-electron chi connectivity index (χ2n) is 4.03. The summed E-state index contributed by atoms with van der Waals surface area (Å²) >= 11 is 0. The summed E-state index contributed by atoms with van der Waals surface area (Å²) in [7, 11) is 0.